The summed E-state index contributed by atoms with van der Waals surface area (Å²) in [6.45, 7) is 0. The molecule has 0 aromatic rings. The summed E-state index contributed by atoms with van der Waals surface area (Å²) >= 11 is 0. The summed E-state index contributed by atoms with van der Waals surface area (Å²) in [5.74, 6) is -2.79. The van der Waals surface area contributed by atoms with E-state index in [1.54, 1.807) is 0 Å². The van der Waals surface area contributed by atoms with E-state index in [0.717, 1.165) is 0 Å². The van der Waals surface area contributed by atoms with Crippen LogP contribution in [0.5, 0.6) is 0 Å². The first-order valence-corrected chi connectivity index (χ1v) is 2.92. The topological polar surface area (TPSA) is 0 Å². The van der Waals surface area contributed by atoms with Gasteiger partial charge in [0, 0.05) is 11.8 Å². The molecule has 2 aliphatic carbocycles. The van der Waals surface area contributed by atoms with E-state index in [1.165, 1.54) is 0 Å². The van der Waals surface area contributed by atoms with Crippen LogP contribution in [0.2, 0.25) is 0 Å². The summed E-state index contributed by atoms with van der Waals surface area (Å²) < 4.78 is 24.4. The van der Waals surface area contributed by atoms with E-state index < -0.39 is 5.92 Å². The maximum atomic E-state index is 12.2. The average molecular weight is 192 g/mol. The van der Waals surface area contributed by atoms with Gasteiger partial charge in [-0.25, -0.2) is 8.78 Å². The van der Waals surface area contributed by atoms with Gasteiger partial charge < -0.3 is 21.3 Å². The quantitative estimate of drug-likeness (QED) is 0.517. The van der Waals surface area contributed by atoms with Crippen molar-refractivity contribution in [3.63, 3.8) is 0 Å². The van der Waals surface area contributed by atoms with Crippen LogP contribution >= 0.6 is 0 Å². The zero-order valence-electron chi connectivity index (χ0n) is 6.98. The maximum Gasteiger partial charge on any atom is 3.00 e. The second kappa shape index (κ2) is 4.11. The second-order valence-corrected chi connectivity index (χ2v) is 2.65. The second-order valence-electron chi connectivity index (χ2n) is 2.65. The van der Waals surface area contributed by atoms with Gasteiger partial charge in [0.05, 0.1) is 0 Å². The molecular weight excluding hydrogens is 179 g/mol. The number of fused-ring (bicyclic) bond motifs is 1. The largest absolute Gasteiger partial charge is 3.00 e. The minimum absolute atomic E-state index is 0. The zero-order chi connectivity index (χ0) is 5.78. The monoisotopic (exact) mass is 192 g/mol. The molecule has 0 bridgehead atoms. The van der Waals surface area contributed by atoms with Crippen LogP contribution in [0.3, 0.4) is 0 Å². The number of alkyl halides is 2. The van der Waals surface area contributed by atoms with Crippen molar-refractivity contribution >= 4 is 0 Å². The zero-order valence-corrected chi connectivity index (χ0v) is 8.78. The molecule has 2 aliphatic rings. The van der Waals surface area contributed by atoms with Crippen molar-refractivity contribution < 1.29 is 34.6 Å². The van der Waals surface area contributed by atoms with Crippen molar-refractivity contribution in [3.8, 4) is 0 Å². The molecule has 3 heteroatoms. The molecule has 0 heterocycles. The van der Waals surface area contributed by atoms with Gasteiger partial charge in [0.2, 0.25) is 5.92 Å². The smallest absolute Gasteiger partial charge is 0.358 e. The minimum Gasteiger partial charge on any atom is -0.358 e. The van der Waals surface area contributed by atoms with Gasteiger partial charge in [-0.3, -0.25) is 0 Å². The first kappa shape index (κ1) is 14.3. The molecule has 0 N–H and O–H groups in total. The van der Waals surface area contributed by atoms with Gasteiger partial charge in [-0.1, -0.05) is 0 Å². The normalized spacial score (nSPS) is 35.5. The van der Waals surface area contributed by atoms with Crippen LogP contribution in [0.4, 0.5) is 8.78 Å². The molecule has 2 atom stereocenters. The van der Waals surface area contributed by atoms with Crippen molar-refractivity contribution in [1.29, 1.82) is 0 Å². The van der Waals surface area contributed by atoms with Crippen LogP contribution in [-0.2, 0) is 25.8 Å². The summed E-state index contributed by atoms with van der Waals surface area (Å²) in [4.78, 5) is 0. The van der Waals surface area contributed by atoms with E-state index in [1.807, 2.05) is 6.42 Å². The van der Waals surface area contributed by atoms with Crippen molar-refractivity contribution in [1.82, 2.24) is 0 Å². The van der Waals surface area contributed by atoms with Crippen LogP contribution in [0, 0.1) is 33.1 Å². The predicted octanol–water partition coefficient (Wildman–Crippen LogP) is 2.76. The fourth-order valence-corrected chi connectivity index (χ4v) is 1.56. The summed E-state index contributed by atoms with van der Waals surface area (Å²) in [6, 6.07) is 0. The SMILES string of the molecule is FC1(F)C2C[CH-]CC21.[CH3-].[CH3-].[Sc+3]. The van der Waals surface area contributed by atoms with Gasteiger partial charge >= 0.3 is 25.8 Å². The Morgan fingerprint density at radius 3 is 1.64 bits per heavy atom. The molecule has 0 nitrogen and oxygen atoms in total. The van der Waals surface area contributed by atoms with Gasteiger partial charge in [0.15, 0.2) is 0 Å². The fourth-order valence-electron chi connectivity index (χ4n) is 1.56. The maximum absolute atomic E-state index is 12.2. The summed E-state index contributed by atoms with van der Waals surface area (Å²) in [6.07, 6.45) is 3.27. The minimum atomic E-state index is -2.27. The van der Waals surface area contributed by atoms with E-state index in [2.05, 4.69) is 0 Å². The van der Waals surface area contributed by atoms with Crippen molar-refractivity contribution in [3.05, 3.63) is 21.3 Å². The van der Waals surface area contributed by atoms with Crippen molar-refractivity contribution in [2.24, 2.45) is 11.8 Å². The third kappa shape index (κ3) is 1.90. The molecule has 0 aromatic carbocycles. The molecule has 0 saturated heterocycles. The van der Waals surface area contributed by atoms with Gasteiger partial charge in [0.1, 0.15) is 0 Å². The van der Waals surface area contributed by atoms with Crippen LogP contribution in [0.25, 0.3) is 0 Å². The number of hydrogen-bond acceptors (Lipinski definition) is 0. The van der Waals surface area contributed by atoms with Crippen LogP contribution < -0.4 is 0 Å². The number of halogens is 2. The third-order valence-electron chi connectivity index (χ3n) is 2.21. The summed E-state index contributed by atoms with van der Waals surface area (Å²) in [5.41, 5.74) is 0. The Hall–Kier alpha value is 0.730. The fraction of sp³-hybridized carbons (Fsp3) is 0.625. The molecule has 0 aliphatic heterocycles. The van der Waals surface area contributed by atoms with Crippen molar-refractivity contribution in [2.75, 3.05) is 0 Å². The molecule has 2 saturated carbocycles. The van der Waals surface area contributed by atoms with Crippen LogP contribution in [-0.4, -0.2) is 5.92 Å². The van der Waals surface area contributed by atoms with Gasteiger partial charge in [-0.2, -0.15) is 12.8 Å². The van der Waals surface area contributed by atoms with Gasteiger partial charge in [-0.05, 0) is 0 Å². The Balaban J connectivity index is 0. The summed E-state index contributed by atoms with van der Waals surface area (Å²) in [5, 5.41) is 0. The van der Waals surface area contributed by atoms with Crippen LogP contribution in [0.1, 0.15) is 12.8 Å². The molecule has 0 radical (unpaired) electrons. The third-order valence-corrected chi connectivity index (χ3v) is 2.21. The van der Waals surface area contributed by atoms with E-state index in [-0.39, 0.29) is 52.5 Å². The Kier molecular flexibility index (Phi) is 5.32. The van der Waals surface area contributed by atoms with E-state index in [0.29, 0.717) is 12.8 Å². The molecule has 0 spiro atoms. The first-order chi connectivity index (χ1) is 3.73. The molecule has 2 fully saturated rings. The Morgan fingerprint density at radius 2 is 1.45 bits per heavy atom. The molecule has 0 amide bonds. The van der Waals surface area contributed by atoms with E-state index in [9.17, 15) is 8.78 Å². The Labute approximate surface area is 86.5 Å². The summed E-state index contributed by atoms with van der Waals surface area (Å²) in [7, 11) is 0. The van der Waals surface area contributed by atoms with E-state index >= 15 is 0 Å². The number of hydrogen-bond donors (Lipinski definition) is 0. The van der Waals surface area contributed by atoms with Crippen molar-refractivity contribution in [2.45, 2.75) is 18.8 Å². The molecular formula is C8H13F2Sc. The average Bonchev–Trinajstić information content (AvgIpc) is 2.22. The van der Waals surface area contributed by atoms with Gasteiger partial charge in [0.25, 0.3) is 0 Å². The van der Waals surface area contributed by atoms with Gasteiger partial charge in [-0.15, -0.1) is 0 Å². The molecule has 0 aromatic heterocycles. The Morgan fingerprint density at radius 1 is 1.09 bits per heavy atom. The first-order valence-electron chi connectivity index (χ1n) is 2.92. The van der Waals surface area contributed by atoms with E-state index in [4.69, 9.17) is 0 Å². The molecule has 2 rings (SSSR count). The van der Waals surface area contributed by atoms with Crippen LogP contribution in [0.15, 0.2) is 0 Å². The molecule has 2 unspecified atom stereocenters. The predicted molar refractivity (Wildman–Crippen MR) is 38.3 cm³/mol. The molecule has 62 valence electrons. The Bertz CT molecular complexity index is 113. The number of rotatable bonds is 0. The standard InChI is InChI=1S/C6H7F2.2CH3.Sc/c7-6(8)4-2-1-3-5(4)6;;;/h1,4-5H,2-3H2;2*1H3;/q3*-1;+3. The molecule has 11 heavy (non-hydrogen) atoms.